The Morgan fingerprint density at radius 3 is 2.65 bits per heavy atom. The van der Waals surface area contributed by atoms with Crippen LogP contribution in [0.5, 0.6) is 5.75 Å². The first kappa shape index (κ1) is 24.1. The highest BCUT2D eigenvalue weighted by Gasteiger charge is 2.34. The number of hydrogen-bond donors (Lipinski definition) is 1. The van der Waals surface area contributed by atoms with Crippen LogP contribution >= 0.6 is 11.3 Å². The van der Waals surface area contributed by atoms with Crippen molar-refractivity contribution in [2.45, 2.75) is 32.5 Å². The van der Waals surface area contributed by atoms with E-state index >= 15 is 0 Å². The van der Waals surface area contributed by atoms with Gasteiger partial charge in [-0.1, -0.05) is 6.92 Å². The molecule has 0 aliphatic carbocycles. The lowest BCUT2D eigenvalue weighted by atomic mass is 10.1. The summed E-state index contributed by atoms with van der Waals surface area (Å²) < 4.78 is 49.3. The predicted molar refractivity (Wildman–Crippen MR) is 120 cm³/mol. The molecule has 0 radical (unpaired) electrons. The van der Waals surface area contributed by atoms with Crippen LogP contribution in [0.25, 0.3) is 10.6 Å². The average Bonchev–Trinajstić information content (AvgIpc) is 3.53. The first-order chi connectivity index (χ1) is 16.3. The van der Waals surface area contributed by atoms with E-state index in [1.165, 1.54) is 0 Å². The molecule has 1 fully saturated rings. The van der Waals surface area contributed by atoms with Crippen LogP contribution in [-0.4, -0.2) is 40.7 Å². The number of alkyl halides is 3. The van der Waals surface area contributed by atoms with Gasteiger partial charge >= 0.3 is 6.18 Å². The second kappa shape index (κ2) is 10.5. The molecule has 180 valence electrons. The second-order valence-corrected chi connectivity index (χ2v) is 8.98. The molecular formula is C23H23F3N4O3S. The fourth-order valence-electron chi connectivity index (χ4n) is 3.35. The maximum absolute atomic E-state index is 12.9. The van der Waals surface area contributed by atoms with Gasteiger partial charge in [0.05, 0.1) is 13.2 Å². The third-order valence-corrected chi connectivity index (χ3v) is 6.43. The van der Waals surface area contributed by atoms with Gasteiger partial charge in [-0.3, -0.25) is 4.79 Å². The van der Waals surface area contributed by atoms with E-state index in [2.05, 4.69) is 20.3 Å². The molecule has 1 atom stereocenters. The molecule has 1 N–H and O–H groups in total. The summed E-state index contributed by atoms with van der Waals surface area (Å²) in [5.74, 6) is -0.782. The minimum atomic E-state index is -4.61. The van der Waals surface area contributed by atoms with Crippen molar-refractivity contribution in [3.05, 3.63) is 58.6 Å². The number of nitrogens with one attached hydrogen (secondary N) is 1. The number of halogens is 3. The zero-order valence-corrected chi connectivity index (χ0v) is 19.2. The zero-order valence-electron chi connectivity index (χ0n) is 18.4. The van der Waals surface area contributed by atoms with E-state index in [-0.39, 0.29) is 6.54 Å². The number of carbonyl (C=O) groups is 1. The summed E-state index contributed by atoms with van der Waals surface area (Å²) in [6, 6.07) is 5.23. The van der Waals surface area contributed by atoms with Gasteiger partial charge in [-0.25, -0.2) is 15.0 Å². The molecule has 0 saturated carbocycles. The Hall–Kier alpha value is -3.05. The topological polar surface area (TPSA) is 86.2 Å². The smallest absolute Gasteiger partial charge is 0.451 e. The normalized spacial score (nSPS) is 15.9. The van der Waals surface area contributed by atoms with E-state index < -0.39 is 17.9 Å². The van der Waals surface area contributed by atoms with Crippen molar-refractivity contribution in [2.75, 3.05) is 19.8 Å². The molecule has 34 heavy (non-hydrogen) atoms. The van der Waals surface area contributed by atoms with Crippen LogP contribution in [0.1, 0.15) is 40.0 Å². The van der Waals surface area contributed by atoms with E-state index in [9.17, 15) is 18.0 Å². The molecule has 7 nitrogen and oxygen atoms in total. The van der Waals surface area contributed by atoms with Crippen molar-refractivity contribution in [3.8, 4) is 16.3 Å². The Labute approximate surface area is 198 Å². The molecule has 3 heterocycles. The van der Waals surface area contributed by atoms with Gasteiger partial charge in [-0.2, -0.15) is 13.2 Å². The van der Waals surface area contributed by atoms with Gasteiger partial charge in [0.2, 0.25) is 5.82 Å². The van der Waals surface area contributed by atoms with E-state index in [0.717, 1.165) is 40.7 Å². The zero-order chi connectivity index (χ0) is 24.1. The minimum Gasteiger partial charge on any atom is -0.493 e. The Morgan fingerprint density at radius 2 is 2.00 bits per heavy atom. The summed E-state index contributed by atoms with van der Waals surface area (Å²) in [4.78, 5) is 25.1. The SMILES string of the molecule is CCc1cnc(-c2cc(OCC3CCOC3)cc(C(=O)NCc3cnc(C(F)(F)F)nc3)c2)s1. The van der Waals surface area contributed by atoms with Gasteiger partial charge in [0.25, 0.3) is 5.91 Å². The average molecular weight is 493 g/mol. The van der Waals surface area contributed by atoms with Gasteiger partial charge in [-0.15, -0.1) is 11.3 Å². The van der Waals surface area contributed by atoms with Crippen molar-refractivity contribution in [1.29, 1.82) is 0 Å². The third kappa shape index (κ3) is 6.09. The lowest BCUT2D eigenvalue weighted by molar-refractivity contribution is -0.145. The van der Waals surface area contributed by atoms with Gasteiger partial charge in [0.15, 0.2) is 0 Å². The first-order valence-corrected chi connectivity index (χ1v) is 11.6. The van der Waals surface area contributed by atoms with Crippen molar-refractivity contribution in [1.82, 2.24) is 20.3 Å². The first-order valence-electron chi connectivity index (χ1n) is 10.8. The second-order valence-electron chi connectivity index (χ2n) is 7.87. The fourth-order valence-corrected chi connectivity index (χ4v) is 4.19. The molecular weight excluding hydrogens is 469 g/mol. The number of benzene rings is 1. The van der Waals surface area contributed by atoms with Gasteiger partial charge in [-0.05, 0) is 31.0 Å². The maximum atomic E-state index is 12.9. The van der Waals surface area contributed by atoms with Crippen LogP contribution in [-0.2, 0) is 23.9 Å². The van der Waals surface area contributed by atoms with Crippen LogP contribution in [0.2, 0.25) is 0 Å². The number of rotatable bonds is 8. The molecule has 0 spiro atoms. The van der Waals surface area contributed by atoms with Crippen molar-refractivity contribution in [2.24, 2.45) is 5.92 Å². The largest absolute Gasteiger partial charge is 0.493 e. The molecule has 4 rings (SSSR count). The number of thiazole rings is 1. The Balaban J connectivity index is 1.50. The number of aromatic nitrogens is 3. The van der Waals surface area contributed by atoms with Crippen LogP contribution < -0.4 is 10.1 Å². The Bertz CT molecular complexity index is 1130. The lowest BCUT2D eigenvalue weighted by Gasteiger charge is -2.13. The molecule has 1 aliphatic heterocycles. The fraction of sp³-hybridized carbons (Fsp3) is 0.391. The van der Waals surface area contributed by atoms with E-state index in [1.54, 1.807) is 23.5 Å². The Morgan fingerprint density at radius 1 is 1.21 bits per heavy atom. The van der Waals surface area contributed by atoms with E-state index in [0.29, 0.717) is 42.6 Å². The number of nitrogens with zero attached hydrogens (tertiary/aromatic N) is 3. The number of carbonyl (C=O) groups excluding carboxylic acids is 1. The molecule has 3 aromatic rings. The quantitative estimate of drug-likeness (QED) is 0.498. The van der Waals surface area contributed by atoms with Crippen molar-refractivity contribution in [3.63, 3.8) is 0 Å². The number of ether oxygens (including phenoxy) is 2. The van der Waals surface area contributed by atoms with Crippen molar-refractivity contribution >= 4 is 17.2 Å². The molecule has 1 saturated heterocycles. The molecule has 11 heteroatoms. The predicted octanol–water partition coefficient (Wildman–Crippen LogP) is 4.53. The van der Waals surface area contributed by atoms with Gasteiger partial charge in [0.1, 0.15) is 10.8 Å². The molecule has 1 amide bonds. The maximum Gasteiger partial charge on any atom is 0.451 e. The van der Waals surface area contributed by atoms with Gasteiger partial charge in [0, 0.05) is 59.2 Å². The van der Waals surface area contributed by atoms with Crippen LogP contribution in [0, 0.1) is 5.92 Å². The third-order valence-electron chi connectivity index (χ3n) is 5.24. The van der Waals surface area contributed by atoms with Gasteiger partial charge < -0.3 is 14.8 Å². The highest BCUT2D eigenvalue weighted by molar-refractivity contribution is 7.15. The highest BCUT2D eigenvalue weighted by Crippen LogP contribution is 2.30. The summed E-state index contributed by atoms with van der Waals surface area (Å²) in [7, 11) is 0. The summed E-state index contributed by atoms with van der Waals surface area (Å²) >= 11 is 1.55. The highest BCUT2D eigenvalue weighted by atomic mass is 32.1. The lowest BCUT2D eigenvalue weighted by Crippen LogP contribution is -2.23. The van der Waals surface area contributed by atoms with Crippen molar-refractivity contribution < 1.29 is 27.4 Å². The minimum absolute atomic E-state index is 0.0198. The molecule has 1 aliphatic rings. The molecule has 2 aromatic heterocycles. The number of aryl methyl sites for hydroxylation is 1. The Kier molecular flexibility index (Phi) is 7.42. The summed E-state index contributed by atoms with van der Waals surface area (Å²) in [5.41, 5.74) is 1.46. The standard InChI is InChI=1S/C23H23F3N4O3S/c1-2-19-11-28-21(34-19)17-5-16(6-18(7-17)33-13-14-3-4-32-12-14)20(31)27-8-15-9-29-22(30-10-15)23(24,25)26/h5-7,9-11,14H,2-4,8,12-13H2,1H3,(H,27,31). The summed E-state index contributed by atoms with van der Waals surface area (Å²) in [5, 5.41) is 3.47. The van der Waals surface area contributed by atoms with E-state index in [1.807, 2.05) is 19.2 Å². The summed E-state index contributed by atoms with van der Waals surface area (Å²) in [6.45, 7) is 3.87. The summed E-state index contributed by atoms with van der Waals surface area (Å²) in [6.07, 6.45) is 1.08. The number of hydrogen-bond acceptors (Lipinski definition) is 7. The van der Waals surface area contributed by atoms with E-state index in [4.69, 9.17) is 9.47 Å². The van der Waals surface area contributed by atoms with Crippen LogP contribution in [0.15, 0.2) is 36.8 Å². The van der Waals surface area contributed by atoms with Crippen LogP contribution in [0.4, 0.5) is 13.2 Å². The molecule has 1 aromatic carbocycles. The molecule has 1 unspecified atom stereocenters. The monoisotopic (exact) mass is 492 g/mol. The van der Waals surface area contributed by atoms with Crippen LogP contribution in [0.3, 0.4) is 0 Å². The number of amides is 1. The molecule has 0 bridgehead atoms.